The molecule has 0 aromatic rings. The van der Waals surface area contributed by atoms with Crippen molar-refractivity contribution in [1.82, 2.24) is 0 Å². The van der Waals surface area contributed by atoms with Gasteiger partial charge in [-0.05, 0) is 37.0 Å². The fourth-order valence-electron chi connectivity index (χ4n) is 3.34. The van der Waals surface area contributed by atoms with Gasteiger partial charge in [-0.3, -0.25) is 0 Å². The molecule has 2 aliphatic carbocycles. The first-order valence-corrected chi connectivity index (χ1v) is 6.62. The predicted molar refractivity (Wildman–Crippen MR) is 62.3 cm³/mol. The predicted octanol–water partition coefficient (Wildman–Crippen LogP) is 4.86. The van der Waals surface area contributed by atoms with E-state index in [0.29, 0.717) is 6.42 Å². The van der Waals surface area contributed by atoms with Crippen LogP contribution in [0.15, 0.2) is 11.9 Å². The van der Waals surface area contributed by atoms with Gasteiger partial charge in [-0.15, -0.1) is 0 Å². The molecule has 0 spiro atoms. The summed E-state index contributed by atoms with van der Waals surface area (Å²) >= 11 is 0. The molecular formula is C14H23F. The van der Waals surface area contributed by atoms with Crippen LogP contribution in [0.5, 0.6) is 0 Å². The van der Waals surface area contributed by atoms with Crippen LogP contribution >= 0.6 is 0 Å². The third-order valence-corrected chi connectivity index (χ3v) is 4.53. The van der Waals surface area contributed by atoms with Crippen molar-refractivity contribution in [2.75, 3.05) is 0 Å². The van der Waals surface area contributed by atoms with E-state index in [-0.39, 0.29) is 5.83 Å². The normalized spacial score (nSPS) is 31.1. The van der Waals surface area contributed by atoms with E-state index in [1.807, 2.05) is 6.08 Å². The molecule has 1 fully saturated rings. The first-order valence-electron chi connectivity index (χ1n) is 6.62. The van der Waals surface area contributed by atoms with Crippen LogP contribution in [0.2, 0.25) is 0 Å². The topological polar surface area (TPSA) is 0 Å². The fraction of sp³-hybridized carbons (Fsp3) is 0.857. The van der Waals surface area contributed by atoms with Gasteiger partial charge in [0.05, 0.1) is 5.83 Å². The smallest absolute Gasteiger partial charge is 0.0960 e. The average Bonchev–Trinajstić information content (AvgIpc) is 2.30. The molecule has 2 rings (SSSR count). The monoisotopic (exact) mass is 210 g/mol. The third-order valence-electron chi connectivity index (χ3n) is 4.53. The molecule has 1 heteroatoms. The Morgan fingerprint density at radius 3 is 2.47 bits per heavy atom. The second kappa shape index (κ2) is 5.14. The second-order valence-corrected chi connectivity index (χ2v) is 5.44. The van der Waals surface area contributed by atoms with E-state index < -0.39 is 0 Å². The Bertz CT molecular complexity index is 225. The zero-order valence-electron chi connectivity index (χ0n) is 9.84. The second-order valence-electron chi connectivity index (χ2n) is 5.44. The highest BCUT2D eigenvalue weighted by Gasteiger charge is 2.27. The summed E-state index contributed by atoms with van der Waals surface area (Å²) in [6.07, 6.45) is 11.7. The Kier molecular flexibility index (Phi) is 3.82. The van der Waals surface area contributed by atoms with Gasteiger partial charge in [-0.2, -0.15) is 0 Å². The Balaban J connectivity index is 1.87. The Hall–Kier alpha value is -0.330. The molecule has 0 N–H and O–H groups in total. The lowest BCUT2D eigenvalue weighted by atomic mass is 9.72. The van der Waals surface area contributed by atoms with Crippen LogP contribution in [0.1, 0.15) is 58.3 Å². The summed E-state index contributed by atoms with van der Waals surface area (Å²) in [5.74, 6) is 2.63. The van der Waals surface area contributed by atoms with E-state index in [1.165, 1.54) is 32.1 Å². The van der Waals surface area contributed by atoms with Gasteiger partial charge >= 0.3 is 0 Å². The van der Waals surface area contributed by atoms with Crippen molar-refractivity contribution in [2.24, 2.45) is 17.8 Å². The van der Waals surface area contributed by atoms with Crippen LogP contribution < -0.4 is 0 Å². The molecule has 86 valence electrons. The number of allylic oxidation sites excluding steroid dienone is 2. The molecule has 0 aromatic carbocycles. The summed E-state index contributed by atoms with van der Waals surface area (Å²) in [6, 6.07) is 0. The van der Waals surface area contributed by atoms with Crippen LogP contribution in [0, 0.1) is 17.8 Å². The number of rotatable bonds is 2. The highest BCUT2D eigenvalue weighted by Crippen LogP contribution is 2.39. The standard InChI is InChI=1S/C14H23F/c1-11(12-5-3-2-4-6-12)13-7-9-14(15)10-8-13/h9,11-13H,2-8,10H2,1H3. The molecule has 0 aliphatic heterocycles. The Labute approximate surface area is 92.9 Å². The zero-order chi connectivity index (χ0) is 10.7. The maximum Gasteiger partial charge on any atom is 0.0960 e. The third kappa shape index (κ3) is 2.83. The molecule has 2 unspecified atom stereocenters. The SMILES string of the molecule is CC(C1CC=C(F)CC1)C1CCCCC1. The van der Waals surface area contributed by atoms with Crippen LogP contribution in [-0.2, 0) is 0 Å². The average molecular weight is 210 g/mol. The van der Waals surface area contributed by atoms with E-state index >= 15 is 0 Å². The van der Waals surface area contributed by atoms with Crippen molar-refractivity contribution >= 4 is 0 Å². The van der Waals surface area contributed by atoms with Gasteiger partial charge in [0.2, 0.25) is 0 Å². The van der Waals surface area contributed by atoms with Gasteiger partial charge in [0, 0.05) is 0 Å². The quantitative estimate of drug-likeness (QED) is 0.610. The van der Waals surface area contributed by atoms with Crippen molar-refractivity contribution in [2.45, 2.75) is 58.3 Å². The van der Waals surface area contributed by atoms with Gasteiger partial charge in [0.25, 0.3) is 0 Å². The van der Waals surface area contributed by atoms with E-state index in [4.69, 9.17) is 0 Å². The largest absolute Gasteiger partial charge is 0.212 e. The molecule has 2 atom stereocenters. The number of hydrogen-bond acceptors (Lipinski definition) is 0. The molecule has 2 aliphatic rings. The van der Waals surface area contributed by atoms with Crippen molar-refractivity contribution in [1.29, 1.82) is 0 Å². The first kappa shape index (κ1) is 11.2. The summed E-state index contributed by atoms with van der Waals surface area (Å²) in [6.45, 7) is 2.40. The van der Waals surface area contributed by atoms with E-state index in [0.717, 1.165) is 30.6 Å². The molecule has 15 heavy (non-hydrogen) atoms. The van der Waals surface area contributed by atoms with Crippen molar-refractivity contribution < 1.29 is 4.39 Å². The van der Waals surface area contributed by atoms with Crippen LogP contribution in [-0.4, -0.2) is 0 Å². The lowest BCUT2D eigenvalue weighted by Gasteiger charge is -2.34. The molecule has 0 aromatic heterocycles. The van der Waals surface area contributed by atoms with Crippen LogP contribution in [0.3, 0.4) is 0 Å². The minimum atomic E-state index is 0.127. The minimum absolute atomic E-state index is 0.127. The van der Waals surface area contributed by atoms with Crippen LogP contribution in [0.25, 0.3) is 0 Å². The van der Waals surface area contributed by atoms with Gasteiger partial charge in [-0.1, -0.05) is 45.1 Å². The summed E-state index contributed by atoms with van der Waals surface area (Å²) in [5.41, 5.74) is 0. The van der Waals surface area contributed by atoms with Gasteiger partial charge < -0.3 is 0 Å². The molecule has 0 saturated heterocycles. The lowest BCUT2D eigenvalue weighted by molar-refractivity contribution is 0.179. The molecule has 0 amide bonds. The number of hydrogen-bond donors (Lipinski definition) is 0. The highest BCUT2D eigenvalue weighted by molar-refractivity contribution is 4.99. The highest BCUT2D eigenvalue weighted by atomic mass is 19.1. The van der Waals surface area contributed by atoms with E-state index in [2.05, 4.69) is 6.92 Å². The maximum absolute atomic E-state index is 12.9. The Morgan fingerprint density at radius 1 is 1.13 bits per heavy atom. The molecule has 0 nitrogen and oxygen atoms in total. The number of halogens is 1. The molecule has 1 saturated carbocycles. The van der Waals surface area contributed by atoms with Crippen molar-refractivity contribution in [3.63, 3.8) is 0 Å². The van der Waals surface area contributed by atoms with Gasteiger partial charge in [0.15, 0.2) is 0 Å². The molecule has 0 bridgehead atoms. The van der Waals surface area contributed by atoms with Crippen molar-refractivity contribution in [3.05, 3.63) is 11.9 Å². The van der Waals surface area contributed by atoms with Gasteiger partial charge in [0.1, 0.15) is 0 Å². The van der Waals surface area contributed by atoms with Crippen LogP contribution in [0.4, 0.5) is 4.39 Å². The zero-order valence-corrected chi connectivity index (χ0v) is 9.84. The van der Waals surface area contributed by atoms with Crippen molar-refractivity contribution in [3.8, 4) is 0 Å². The Morgan fingerprint density at radius 2 is 1.87 bits per heavy atom. The minimum Gasteiger partial charge on any atom is -0.212 e. The summed E-state index contributed by atoms with van der Waals surface area (Å²) in [5, 5.41) is 0. The summed E-state index contributed by atoms with van der Waals surface area (Å²) < 4.78 is 12.9. The lowest BCUT2D eigenvalue weighted by Crippen LogP contribution is -2.24. The maximum atomic E-state index is 12.9. The summed E-state index contributed by atoms with van der Waals surface area (Å²) in [4.78, 5) is 0. The molecule has 0 heterocycles. The fourth-order valence-corrected chi connectivity index (χ4v) is 3.34. The van der Waals surface area contributed by atoms with Gasteiger partial charge in [-0.25, -0.2) is 4.39 Å². The first-order chi connectivity index (χ1) is 7.27. The molecule has 0 radical (unpaired) electrons. The van der Waals surface area contributed by atoms with E-state index in [9.17, 15) is 4.39 Å². The van der Waals surface area contributed by atoms with E-state index in [1.54, 1.807) is 0 Å². The molecular weight excluding hydrogens is 187 g/mol. The summed E-state index contributed by atoms with van der Waals surface area (Å²) in [7, 11) is 0.